The van der Waals surface area contributed by atoms with E-state index in [2.05, 4.69) is 73.5 Å². The first-order chi connectivity index (χ1) is 19.6. The van der Waals surface area contributed by atoms with Crippen molar-refractivity contribution in [1.82, 2.24) is 24.4 Å². The number of para-hydroxylation sites is 1. The van der Waals surface area contributed by atoms with Crippen molar-refractivity contribution in [3.63, 3.8) is 0 Å². The van der Waals surface area contributed by atoms with E-state index < -0.39 is 0 Å². The van der Waals surface area contributed by atoms with Gasteiger partial charge in [-0.1, -0.05) is 66.2 Å². The van der Waals surface area contributed by atoms with Crippen LogP contribution in [-0.2, 0) is 0 Å². The standard InChI is InChI=1S/C32H34ClN7/c1-24-27(33)15-9-16-28(24)39-21-19-38(20-22-39)18-10-17-37(2)31-29-32(35-23-34-31)40(26-13-7-4-8-14-26)30(36-29)25-11-5-3-6-12-25/h3-9,11-16,23H,10,17-22H2,1-2H3. The third-order valence-corrected chi connectivity index (χ3v) is 8.16. The average Bonchev–Trinajstić information content (AvgIpc) is 3.40. The average molecular weight is 552 g/mol. The van der Waals surface area contributed by atoms with Gasteiger partial charge in [0.2, 0.25) is 0 Å². The normalized spacial score (nSPS) is 14.1. The van der Waals surface area contributed by atoms with Crippen molar-refractivity contribution in [2.45, 2.75) is 13.3 Å². The summed E-state index contributed by atoms with van der Waals surface area (Å²) in [6.45, 7) is 8.18. The Morgan fingerprint density at radius 3 is 2.33 bits per heavy atom. The van der Waals surface area contributed by atoms with Crippen LogP contribution in [0.2, 0.25) is 5.02 Å². The molecule has 40 heavy (non-hydrogen) atoms. The number of imidazole rings is 1. The molecule has 0 amide bonds. The van der Waals surface area contributed by atoms with Gasteiger partial charge in [0.1, 0.15) is 12.2 Å². The number of rotatable bonds is 8. The van der Waals surface area contributed by atoms with Crippen molar-refractivity contribution >= 4 is 34.3 Å². The van der Waals surface area contributed by atoms with Gasteiger partial charge in [-0.2, -0.15) is 0 Å². The van der Waals surface area contributed by atoms with E-state index in [1.165, 1.54) is 11.3 Å². The fourth-order valence-electron chi connectivity index (χ4n) is 5.55. The summed E-state index contributed by atoms with van der Waals surface area (Å²) in [5, 5.41) is 0.839. The van der Waals surface area contributed by atoms with Gasteiger partial charge in [0.25, 0.3) is 0 Å². The van der Waals surface area contributed by atoms with Crippen LogP contribution >= 0.6 is 11.6 Å². The zero-order valence-electron chi connectivity index (χ0n) is 23.0. The number of fused-ring (bicyclic) bond motifs is 1. The molecular formula is C32H34ClN7. The van der Waals surface area contributed by atoms with Crippen LogP contribution in [0.3, 0.4) is 0 Å². The minimum atomic E-state index is 0.814. The summed E-state index contributed by atoms with van der Waals surface area (Å²) in [7, 11) is 2.10. The lowest BCUT2D eigenvalue weighted by atomic mass is 10.1. The monoisotopic (exact) mass is 551 g/mol. The number of anilines is 2. The Morgan fingerprint density at radius 1 is 0.850 bits per heavy atom. The molecule has 7 nitrogen and oxygen atoms in total. The molecule has 0 radical (unpaired) electrons. The fraction of sp³-hybridized carbons (Fsp3) is 0.281. The summed E-state index contributed by atoms with van der Waals surface area (Å²) in [4.78, 5) is 21.7. The van der Waals surface area contributed by atoms with Crippen LogP contribution in [0.15, 0.2) is 85.2 Å². The molecule has 2 aromatic heterocycles. The molecule has 1 aliphatic heterocycles. The molecule has 1 fully saturated rings. The highest BCUT2D eigenvalue weighted by molar-refractivity contribution is 6.31. The molecule has 1 aliphatic rings. The minimum Gasteiger partial charge on any atom is -0.369 e. The van der Waals surface area contributed by atoms with E-state index in [-0.39, 0.29) is 0 Å². The van der Waals surface area contributed by atoms with Crippen LogP contribution in [0, 0.1) is 6.92 Å². The topological polar surface area (TPSA) is 53.3 Å². The van der Waals surface area contributed by atoms with Crippen LogP contribution in [0.4, 0.5) is 11.5 Å². The van der Waals surface area contributed by atoms with Crippen LogP contribution in [0.25, 0.3) is 28.2 Å². The van der Waals surface area contributed by atoms with Gasteiger partial charge in [-0.3, -0.25) is 9.47 Å². The Balaban J connectivity index is 1.16. The maximum Gasteiger partial charge on any atom is 0.170 e. The molecule has 8 heteroatoms. The predicted octanol–water partition coefficient (Wildman–Crippen LogP) is 6.09. The lowest BCUT2D eigenvalue weighted by Crippen LogP contribution is -2.47. The van der Waals surface area contributed by atoms with Crippen LogP contribution in [0.1, 0.15) is 12.0 Å². The van der Waals surface area contributed by atoms with E-state index in [1.807, 2.05) is 48.5 Å². The Bertz CT molecular complexity index is 1580. The quantitative estimate of drug-likeness (QED) is 0.232. The van der Waals surface area contributed by atoms with Gasteiger partial charge >= 0.3 is 0 Å². The van der Waals surface area contributed by atoms with E-state index in [4.69, 9.17) is 16.6 Å². The smallest absolute Gasteiger partial charge is 0.170 e. The molecule has 0 unspecified atom stereocenters. The molecule has 1 saturated heterocycles. The second kappa shape index (κ2) is 11.7. The summed E-state index contributed by atoms with van der Waals surface area (Å²) < 4.78 is 2.13. The zero-order valence-corrected chi connectivity index (χ0v) is 23.8. The Labute approximate surface area is 240 Å². The zero-order chi connectivity index (χ0) is 27.5. The van der Waals surface area contributed by atoms with Crippen molar-refractivity contribution in [3.05, 3.63) is 95.8 Å². The van der Waals surface area contributed by atoms with Crippen molar-refractivity contribution < 1.29 is 0 Å². The highest BCUT2D eigenvalue weighted by Crippen LogP contribution is 2.31. The van der Waals surface area contributed by atoms with Gasteiger partial charge in [0, 0.05) is 61.7 Å². The lowest BCUT2D eigenvalue weighted by molar-refractivity contribution is 0.256. The summed E-state index contributed by atoms with van der Waals surface area (Å²) in [5.41, 5.74) is 6.13. The second-order valence-corrected chi connectivity index (χ2v) is 10.7. The number of aromatic nitrogens is 4. The van der Waals surface area contributed by atoms with Crippen molar-refractivity contribution in [1.29, 1.82) is 0 Å². The Morgan fingerprint density at radius 2 is 1.57 bits per heavy atom. The third kappa shape index (κ3) is 5.27. The summed E-state index contributed by atoms with van der Waals surface area (Å²) >= 11 is 6.36. The summed E-state index contributed by atoms with van der Waals surface area (Å²) in [5.74, 6) is 1.72. The van der Waals surface area contributed by atoms with E-state index in [0.717, 1.165) is 84.8 Å². The molecule has 3 aromatic carbocycles. The molecule has 0 N–H and O–H groups in total. The van der Waals surface area contributed by atoms with Crippen LogP contribution in [0.5, 0.6) is 0 Å². The minimum absolute atomic E-state index is 0.814. The van der Waals surface area contributed by atoms with Gasteiger partial charge in [0.05, 0.1) is 0 Å². The first kappa shape index (κ1) is 26.3. The Kier molecular flexibility index (Phi) is 7.66. The molecule has 0 saturated carbocycles. The first-order valence-corrected chi connectivity index (χ1v) is 14.3. The van der Waals surface area contributed by atoms with Gasteiger partial charge in [-0.15, -0.1) is 0 Å². The number of hydrogen-bond acceptors (Lipinski definition) is 6. The number of hydrogen-bond donors (Lipinski definition) is 0. The summed E-state index contributed by atoms with van der Waals surface area (Å²) in [6, 6.07) is 26.8. The molecule has 0 aliphatic carbocycles. The van der Waals surface area contributed by atoms with E-state index >= 15 is 0 Å². The highest BCUT2D eigenvalue weighted by Gasteiger charge is 2.21. The molecule has 0 atom stereocenters. The van der Waals surface area contributed by atoms with Crippen LogP contribution in [-0.4, -0.2) is 70.7 Å². The third-order valence-electron chi connectivity index (χ3n) is 7.75. The van der Waals surface area contributed by atoms with E-state index in [9.17, 15) is 0 Å². The fourth-order valence-corrected chi connectivity index (χ4v) is 5.72. The van der Waals surface area contributed by atoms with Crippen LogP contribution < -0.4 is 9.80 Å². The predicted molar refractivity (Wildman–Crippen MR) is 165 cm³/mol. The highest BCUT2D eigenvalue weighted by atomic mass is 35.5. The van der Waals surface area contributed by atoms with Crippen molar-refractivity contribution in [2.75, 3.05) is 56.1 Å². The maximum atomic E-state index is 6.36. The largest absolute Gasteiger partial charge is 0.369 e. The molecule has 5 aromatic rings. The lowest BCUT2D eigenvalue weighted by Gasteiger charge is -2.37. The van der Waals surface area contributed by atoms with Gasteiger partial charge < -0.3 is 9.80 Å². The second-order valence-electron chi connectivity index (χ2n) is 10.3. The van der Waals surface area contributed by atoms with Crippen molar-refractivity contribution in [3.8, 4) is 17.1 Å². The molecule has 3 heterocycles. The van der Waals surface area contributed by atoms with Crippen molar-refractivity contribution in [2.24, 2.45) is 0 Å². The van der Waals surface area contributed by atoms with E-state index in [1.54, 1.807) is 6.33 Å². The molecule has 0 spiro atoms. The Hall–Kier alpha value is -3.94. The number of halogens is 1. The molecular weight excluding hydrogens is 518 g/mol. The number of benzene rings is 3. The summed E-state index contributed by atoms with van der Waals surface area (Å²) in [6.07, 6.45) is 2.70. The maximum absolute atomic E-state index is 6.36. The van der Waals surface area contributed by atoms with E-state index in [0.29, 0.717) is 0 Å². The molecule has 6 rings (SSSR count). The van der Waals surface area contributed by atoms with Gasteiger partial charge in [-0.25, -0.2) is 15.0 Å². The molecule has 204 valence electrons. The van der Waals surface area contributed by atoms with Gasteiger partial charge in [0.15, 0.2) is 17.0 Å². The number of nitrogens with zero attached hydrogens (tertiary/aromatic N) is 7. The number of piperazine rings is 1. The van der Waals surface area contributed by atoms with Gasteiger partial charge in [-0.05, 0) is 49.7 Å². The molecule has 0 bridgehead atoms. The SMILES string of the molecule is Cc1c(Cl)cccc1N1CCN(CCCN(C)c2ncnc3c2nc(-c2ccccc2)n3-c2ccccc2)CC1. The first-order valence-electron chi connectivity index (χ1n) is 13.9.